The van der Waals surface area contributed by atoms with Crippen molar-refractivity contribution in [1.82, 2.24) is 15.2 Å². The van der Waals surface area contributed by atoms with E-state index in [-0.39, 0.29) is 11.9 Å². The van der Waals surface area contributed by atoms with E-state index >= 15 is 0 Å². The molecule has 0 aliphatic carbocycles. The summed E-state index contributed by atoms with van der Waals surface area (Å²) in [7, 11) is 1.99. The van der Waals surface area contributed by atoms with Gasteiger partial charge in [-0.25, -0.2) is 8.78 Å². The van der Waals surface area contributed by atoms with Gasteiger partial charge in [0.05, 0.1) is 11.6 Å². The molecule has 0 spiro atoms. The Morgan fingerprint density at radius 3 is 2.92 bits per heavy atom. The van der Waals surface area contributed by atoms with E-state index in [1.807, 2.05) is 14.0 Å². The highest BCUT2D eigenvalue weighted by Crippen LogP contribution is 2.26. The Labute approximate surface area is 146 Å². The fourth-order valence-electron chi connectivity index (χ4n) is 3.74. The standard InChI is InChI=1S/C19H25F2N3O/c1-12-14(15-10-13(20)11-16(21)18(15)23-12)7-8-22-19(25)17-6-4-3-5-9-24(17)2/h10-11,17,23H,3-9H2,1-2H3,(H,22,25). The molecule has 25 heavy (non-hydrogen) atoms. The van der Waals surface area contributed by atoms with Crippen molar-refractivity contribution < 1.29 is 13.6 Å². The molecule has 1 amide bonds. The maximum absolute atomic E-state index is 13.9. The van der Waals surface area contributed by atoms with Crippen LogP contribution < -0.4 is 5.32 Å². The minimum absolute atomic E-state index is 0.0410. The zero-order valence-corrected chi connectivity index (χ0v) is 14.8. The van der Waals surface area contributed by atoms with Gasteiger partial charge in [0.25, 0.3) is 0 Å². The molecule has 2 N–H and O–H groups in total. The second kappa shape index (κ2) is 7.52. The van der Waals surface area contributed by atoms with Crippen LogP contribution in [0.3, 0.4) is 0 Å². The molecule has 2 heterocycles. The molecule has 1 saturated heterocycles. The number of halogens is 2. The fourth-order valence-corrected chi connectivity index (χ4v) is 3.74. The number of rotatable bonds is 4. The normalized spacial score (nSPS) is 19.1. The van der Waals surface area contributed by atoms with Crippen LogP contribution in [0.4, 0.5) is 8.78 Å². The number of aromatic nitrogens is 1. The largest absolute Gasteiger partial charge is 0.356 e. The van der Waals surface area contributed by atoms with E-state index in [1.54, 1.807) is 0 Å². The third-order valence-electron chi connectivity index (χ3n) is 5.14. The number of nitrogens with zero attached hydrogens (tertiary/aromatic N) is 1. The number of nitrogens with one attached hydrogen (secondary N) is 2. The number of fused-ring (bicyclic) bond motifs is 1. The zero-order valence-electron chi connectivity index (χ0n) is 14.8. The SMILES string of the molecule is Cc1[nH]c2c(F)cc(F)cc2c1CCNC(=O)C1CCCCCN1C. The van der Waals surface area contributed by atoms with Crippen molar-refractivity contribution in [3.63, 3.8) is 0 Å². The molecular formula is C19H25F2N3O. The van der Waals surface area contributed by atoms with E-state index in [0.29, 0.717) is 23.9 Å². The molecule has 136 valence electrons. The average molecular weight is 349 g/mol. The van der Waals surface area contributed by atoms with Crippen LogP contribution in [0.25, 0.3) is 10.9 Å². The van der Waals surface area contributed by atoms with E-state index in [1.165, 1.54) is 12.5 Å². The van der Waals surface area contributed by atoms with Gasteiger partial charge in [-0.05, 0) is 51.4 Å². The van der Waals surface area contributed by atoms with Crippen LogP contribution in [0.1, 0.15) is 36.9 Å². The molecule has 0 saturated carbocycles. The summed E-state index contributed by atoms with van der Waals surface area (Å²) in [5.74, 6) is -1.14. The first-order valence-electron chi connectivity index (χ1n) is 8.91. The molecule has 0 bridgehead atoms. The number of benzene rings is 1. The van der Waals surface area contributed by atoms with Crippen LogP contribution in [0.5, 0.6) is 0 Å². The van der Waals surface area contributed by atoms with Gasteiger partial charge in [-0.1, -0.05) is 12.8 Å². The number of likely N-dealkylation sites (N-methyl/N-ethyl adjacent to an activating group) is 1. The lowest BCUT2D eigenvalue weighted by Gasteiger charge is -2.24. The Morgan fingerprint density at radius 1 is 1.32 bits per heavy atom. The molecule has 1 aliphatic rings. The van der Waals surface area contributed by atoms with Crippen molar-refractivity contribution in [3.8, 4) is 0 Å². The first-order chi connectivity index (χ1) is 12.0. The number of H-pyrrole nitrogens is 1. The summed E-state index contributed by atoms with van der Waals surface area (Å²) in [4.78, 5) is 17.6. The maximum atomic E-state index is 13.9. The number of aromatic amines is 1. The molecule has 0 radical (unpaired) electrons. The van der Waals surface area contributed by atoms with E-state index in [9.17, 15) is 13.6 Å². The van der Waals surface area contributed by atoms with Gasteiger partial charge < -0.3 is 10.3 Å². The number of aryl methyl sites for hydroxylation is 1. The van der Waals surface area contributed by atoms with Crippen molar-refractivity contribution in [2.24, 2.45) is 0 Å². The molecule has 1 aromatic carbocycles. The first-order valence-corrected chi connectivity index (χ1v) is 8.91. The summed E-state index contributed by atoms with van der Waals surface area (Å²) in [6, 6.07) is 2.14. The summed E-state index contributed by atoms with van der Waals surface area (Å²) in [5, 5.41) is 3.54. The van der Waals surface area contributed by atoms with E-state index in [2.05, 4.69) is 15.2 Å². The minimum atomic E-state index is -0.589. The molecule has 2 aromatic rings. The fraction of sp³-hybridized carbons (Fsp3) is 0.526. The smallest absolute Gasteiger partial charge is 0.237 e. The predicted molar refractivity (Wildman–Crippen MR) is 94.6 cm³/mol. The van der Waals surface area contributed by atoms with Gasteiger partial charge >= 0.3 is 0 Å². The Kier molecular flexibility index (Phi) is 5.37. The van der Waals surface area contributed by atoms with Crippen LogP contribution in [-0.4, -0.2) is 42.0 Å². The molecule has 4 nitrogen and oxygen atoms in total. The predicted octanol–water partition coefficient (Wildman–Crippen LogP) is 3.29. The maximum Gasteiger partial charge on any atom is 0.237 e. The third kappa shape index (κ3) is 3.84. The van der Waals surface area contributed by atoms with E-state index < -0.39 is 11.6 Å². The topological polar surface area (TPSA) is 48.1 Å². The number of hydrogen-bond donors (Lipinski definition) is 2. The minimum Gasteiger partial charge on any atom is -0.356 e. The Hall–Kier alpha value is -1.95. The highest BCUT2D eigenvalue weighted by Gasteiger charge is 2.24. The van der Waals surface area contributed by atoms with E-state index in [0.717, 1.165) is 43.1 Å². The van der Waals surface area contributed by atoms with Gasteiger partial charge in [0.15, 0.2) is 0 Å². The molecule has 1 aliphatic heterocycles. The van der Waals surface area contributed by atoms with Crippen LogP contribution in [0.15, 0.2) is 12.1 Å². The van der Waals surface area contributed by atoms with Crippen LogP contribution in [-0.2, 0) is 11.2 Å². The molecule has 1 fully saturated rings. The number of amides is 1. The molecule has 1 atom stereocenters. The molecular weight excluding hydrogens is 324 g/mol. The molecule has 1 unspecified atom stereocenters. The van der Waals surface area contributed by atoms with Crippen LogP contribution in [0, 0.1) is 18.6 Å². The van der Waals surface area contributed by atoms with Gasteiger partial charge in [-0.2, -0.15) is 0 Å². The lowest BCUT2D eigenvalue weighted by atomic mass is 10.1. The Balaban J connectivity index is 1.67. The first kappa shape index (κ1) is 17.9. The van der Waals surface area contributed by atoms with Crippen molar-refractivity contribution in [2.75, 3.05) is 20.1 Å². The Bertz CT molecular complexity index is 772. The Morgan fingerprint density at radius 2 is 2.12 bits per heavy atom. The lowest BCUT2D eigenvalue weighted by molar-refractivity contribution is -0.126. The quantitative estimate of drug-likeness (QED) is 0.890. The highest BCUT2D eigenvalue weighted by molar-refractivity contribution is 5.85. The van der Waals surface area contributed by atoms with Crippen molar-refractivity contribution in [1.29, 1.82) is 0 Å². The zero-order chi connectivity index (χ0) is 18.0. The van der Waals surface area contributed by atoms with Crippen molar-refractivity contribution >= 4 is 16.8 Å². The number of likely N-dealkylation sites (tertiary alicyclic amines) is 1. The van der Waals surface area contributed by atoms with Crippen LogP contribution in [0.2, 0.25) is 0 Å². The van der Waals surface area contributed by atoms with E-state index in [4.69, 9.17) is 0 Å². The van der Waals surface area contributed by atoms with Crippen LogP contribution >= 0.6 is 0 Å². The monoisotopic (exact) mass is 349 g/mol. The van der Waals surface area contributed by atoms with Crippen molar-refractivity contribution in [3.05, 3.63) is 35.0 Å². The number of carbonyl (C=O) groups excluding carboxylic acids is 1. The lowest BCUT2D eigenvalue weighted by Crippen LogP contribution is -2.45. The van der Waals surface area contributed by atoms with Gasteiger partial charge in [0, 0.05) is 23.7 Å². The number of carbonyl (C=O) groups is 1. The molecule has 1 aromatic heterocycles. The highest BCUT2D eigenvalue weighted by atomic mass is 19.1. The summed E-state index contributed by atoms with van der Waals surface area (Å²) in [5.41, 5.74) is 1.98. The molecule has 6 heteroatoms. The second-order valence-electron chi connectivity index (χ2n) is 6.93. The van der Waals surface area contributed by atoms with Crippen molar-refractivity contribution in [2.45, 2.75) is 45.1 Å². The molecule has 3 rings (SSSR count). The van der Waals surface area contributed by atoms with Gasteiger partial charge in [-0.3, -0.25) is 9.69 Å². The number of hydrogen-bond acceptors (Lipinski definition) is 2. The van der Waals surface area contributed by atoms with Gasteiger partial charge in [0.1, 0.15) is 11.6 Å². The van der Waals surface area contributed by atoms with Gasteiger partial charge in [0.2, 0.25) is 5.91 Å². The van der Waals surface area contributed by atoms with Gasteiger partial charge in [-0.15, -0.1) is 0 Å². The summed E-state index contributed by atoms with van der Waals surface area (Å²) in [6.45, 7) is 3.24. The second-order valence-corrected chi connectivity index (χ2v) is 6.93. The summed E-state index contributed by atoms with van der Waals surface area (Å²) < 4.78 is 27.4. The summed E-state index contributed by atoms with van der Waals surface area (Å²) >= 11 is 0. The summed E-state index contributed by atoms with van der Waals surface area (Å²) in [6.07, 6.45) is 4.79. The average Bonchev–Trinajstić information content (AvgIpc) is 2.73. The third-order valence-corrected chi connectivity index (χ3v) is 5.14.